The molecule has 2 atom stereocenters. The molecule has 1 aromatic rings. The van der Waals surface area contributed by atoms with Gasteiger partial charge in [0.15, 0.2) is 12.3 Å². The number of aliphatic hydroxyl groups is 1. The van der Waals surface area contributed by atoms with Crippen LogP contribution < -0.4 is 4.74 Å². The predicted octanol–water partition coefficient (Wildman–Crippen LogP) is 4.43. The summed E-state index contributed by atoms with van der Waals surface area (Å²) in [7, 11) is 0. The highest BCUT2D eigenvalue weighted by atomic mass is 16.6. The second kappa shape index (κ2) is 8.02. The highest BCUT2D eigenvalue weighted by Crippen LogP contribution is 2.49. The van der Waals surface area contributed by atoms with Crippen LogP contribution in [0.3, 0.4) is 0 Å². The molecule has 2 saturated carbocycles. The van der Waals surface area contributed by atoms with Crippen molar-refractivity contribution < 1.29 is 14.6 Å². The van der Waals surface area contributed by atoms with Crippen molar-refractivity contribution in [2.75, 3.05) is 13.2 Å². The summed E-state index contributed by atoms with van der Waals surface area (Å²) in [6.45, 7) is 3.28. The van der Waals surface area contributed by atoms with Crippen LogP contribution in [-0.4, -0.2) is 41.5 Å². The summed E-state index contributed by atoms with van der Waals surface area (Å²) in [6.07, 6.45) is 10.2. The molecule has 1 N–H and O–H groups in total. The van der Waals surface area contributed by atoms with E-state index in [1.807, 2.05) is 4.90 Å². The Bertz CT molecular complexity index is 766. The summed E-state index contributed by atoms with van der Waals surface area (Å²) in [5.41, 5.74) is 2.56. The van der Waals surface area contributed by atoms with Gasteiger partial charge in [-0.25, -0.2) is 0 Å². The summed E-state index contributed by atoms with van der Waals surface area (Å²) < 4.78 is 11.9. The Kier molecular flexibility index (Phi) is 5.25. The molecule has 0 radical (unpaired) electrons. The SMILES string of the molecule is CCC1=CC(O)N=C2O[C@H](COc3ccc(C4C5CCCC4CCC5)cc3)CN12. The Hall–Kier alpha value is -2.01. The van der Waals surface area contributed by atoms with Crippen LogP contribution >= 0.6 is 0 Å². The Balaban J connectivity index is 1.19. The predicted molar refractivity (Wildman–Crippen MR) is 113 cm³/mol. The molecule has 5 heteroatoms. The Morgan fingerprint density at radius 1 is 1.10 bits per heavy atom. The van der Waals surface area contributed by atoms with Crippen molar-refractivity contribution in [2.45, 2.75) is 70.1 Å². The summed E-state index contributed by atoms with van der Waals surface area (Å²) in [4.78, 5) is 6.23. The molecule has 156 valence electrons. The molecule has 2 bridgehead atoms. The minimum absolute atomic E-state index is 0.0774. The lowest BCUT2D eigenvalue weighted by Crippen LogP contribution is -2.31. The van der Waals surface area contributed by atoms with Crippen molar-refractivity contribution in [3.63, 3.8) is 0 Å². The van der Waals surface area contributed by atoms with Crippen molar-refractivity contribution in [2.24, 2.45) is 16.8 Å². The summed E-state index contributed by atoms with van der Waals surface area (Å²) in [6, 6.07) is 9.34. The molecule has 2 aliphatic carbocycles. The van der Waals surface area contributed by atoms with Crippen LogP contribution in [-0.2, 0) is 4.74 Å². The Morgan fingerprint density at radius 2 is 1.79 bits per heavy atom. The maximum absolute atomic E-state index is 9.84. The number of aliphatic imine (C=N–C) groups is 1. The van der Waals surface area contributed by atoms with E-state index in [2.05, 4.69) is 36.2 Å². The Morgan fingerprint density at radius 3 is 2.45 bits per heavy atom. The Labute approximate surface area is 173 Å². The first-order valence-electron chi connectivity index (χ1n) is 11.3. The van der Waals surface area contributed by atoms with Crippen LogP contribution in [0.4, 0.5) is 0 Å². The molecule has 0 spiro atoms. The van der Waals surface area contributed by atoms with Crippen LogP contribution in [0.25, 0.3) is 0 Å². The molecule has 5 rings (SSSR count). The van der Waals surface area contributed by atoms with Crippen LogP contribution in [0, 0.1) is 11.8 Å². The van der Waals surface area contributed by atoms with Crippen LogP contribution in [0.5, 0.6) is 5.75 Å². The number of hydrogen-bond donors (Lipinski definition) is 1. The third kappa shape index (κ3) is 3.77. The summed E-state index contributed by atoms with van der Waals surface area (Å²) >= 11 is 0. The molecule has 0 amide bonds. The van der Waals surface area contributed by atoms with E-state index >= 15 is 0 Å². The van der Waals surface area contributed by atoms with Gasteiger partial charge in [0.25, 0.3) is 6.02 Å². The van der Waals surface area contributed by atoms with Gasteiger partial charge in [0.05, 0.1) is 6.54 Å². The number of amidine groups is 1. The van der Waals surface area contributed by atoms with Gasteiger partial charge in [0.1, 0.15) is 12.4 Å². The number of aliphatic hydroxyl groups excluding tert-OH is 1. The maximum atomic E-state index is 9.84. The minimum atomic E-state index is -0.803. The zero-order valence-electron chi connectivity index (χ0n) is 17.3. The zero-order valence-corrected chi connectivity index (χ0v) is 17.3. The smallest absolute Gasteiger partial charge is 0.295 e. The summed E-state index contributed by atoms with van der Waals surface area (Å²) in [5, 5.41) is 9.84. The average molecular weight is 397 g/mol. The fourth-order valence-electron chi connectivity index (χ4n) is 5.88. The van der Waals surface area contributed by atoms with E-state index < -0.39 is 6.23 Å². The van der Waals surface area contributed by atoms with Gasteiger partial charge in [-0.2, -0.15) is 4.99 Å². The molecular weight excluding hydrogens is 364 g/mol. The number of allylic oxidation sites excluding steroid dienone is 1. The molecule has 1 saturated heterocycles. The second-order valence-corrected chi connectivity index (χ2v) is 8.98. The van der Waals surface area contributed by atoms with Gasteiger partial charge in [-0.05, 0) is 73.6 Å². The molecule has 4 aliphatic rings. The normalized spacial score (nSPS) is 33.4. The highest BCUT2D eigenvalue weighted by Gasteiger charge is 2.37. The molecule has 0 aromatic heterocycles. The lowest BCUT2D eigenvalue weighted by Gasteiger charge is -2.43. The largest absolute Gasteiger partial charge is 0.490 e. The van der Waals surface area contributed by atoms with Gasteiger partial charge < -0.3 is 14.6 Å². The number of hydrogen-bond acceptors (Lipinski definition) is 5. The lowest BCUT2D eigenvalue weighted by atomic mass is 9.62. The lowest BCUT2D eigenvalue weighted by molar-refractivity contribution is 0.143. The molecule has 29 heavy (non-hydrogen) atoms. The van der Waals surface area contributed by atoms with Crippen LogP contribution in [0.15, 0.2) is 41.0 Å². The fraction of sp³-hybridized carbons (Fsp3) is 0.625. The molecule has 2 heterocycles. The number of benzene rings is 1. The average Bonchev–Trinajstić information content (AvgIpc) is 3.14. The molecule has 1 aromatic carbocycles. The van der Waals surface area contributed by atoms with Crippen molar-refractivity contribution in [1.82, 2.24) is 4.90 Å². The van der Waals surface area contributed by atoms with E-state index in [9.17, 15) is 5.11 Å². The van der Waals surface area contributed by atoms with Crippen molar-refractivity contribution in [1.29, 1.82) is 0 Å². The summed E-state index contributed by atoms with van der Waals surface area (Å²) in [5.74, 6) is 3.42. The van der Waals surface area contributed by atoms with Gasteiger partial charge in [-0.1, -0.05) is 31.9 Å². The monoisotopic (exact) mass is 396 g/mol. The minimum Gasteiger partial charge on any atom is -0.490 e. The van der Waals surface area contributed by atoms with Crippen molar-refractivity contribution >= 4 is 6.02 Å². The van der Waals surface area contributed by atoms with Gasteiger partial charge >= 0.3 is 0 Å². The first-order valence-corrected chi connectivity index (χ1v) is 11.3. The van der Waals surface area contributed by atoms with Crippen molar-refractivity contribution in [3.8, 4) is 5.75 Å². The number of rotatable bonds is 5. The van der Waals surface area contributed by atoms with Crippen molar-refractivity contribution in [3.05, 3.63) is 41.6 Å². The maximum Gasteiger partial charge on any atom is 0.295 e. The number of ether oxygens (including phenoxy) is 2. The molecule has 2 aliphatic heterocycles. The van der Waals surface area contributed by atoms with E-state index in [0.29, 0.717) is 12.6 Å². The van der Waals surface area contributed by atoms with E-state index in [4.69, 9.17) is 9.47 Å². The standard InChI is InChI=1S/C24H32N2O3/c1-2-19-13-22(27)25-24-26(19)14-21(29-24)15-28-20-11-9-18(10-12-20)23-16-5-3-6-17(23)8-4-7-16/h9-13,16-17,21-23,27H,2-8,14-15H2,1H3/t16?,17?,21-,22?,23?/m0/s1. The molecule has 3 fully saturated rings. The molecular formula is C24H32N2O3. The first kappa shape index (κ1) is 19.0. The zero-order chi connectivity index (χ0) is 19.8. The number of nitrogens with zero attached hydrogens (tertiary/aromatic N) is 2. The van der Waals surface area contributed by atoms with E-state index in [-0.39, 0.29) is 6.10 Å². The third-order valence-corrected chi connectivity index (χ3v) is 7.20. The van der Waals surface area contributed by atoms with E-state index in [0.717, 1.165) is 42.2 Å². The van der Waals surface area contributed by atoms with E-state index in [1.54, 1.807) is 6.08 Å². The van der Waals surface area contributed by atoms with Gasteiger partial charge in [0, 0.05) is 5.70 Å². The molecule has 5 nitrogen and oxygen atoms in total. The first-order chi connectivity index (χ1) is 14.2. The van der Waals surface area contributed by atoms with E-state index in [1.165, 1.54) is 44.1 Å². The molecule has 1 unspecified atom stereocenters. The van der Waals surface area contributed by atoms with Crippen LogP contribution in [0.2, 0.25) is 0 Å². The number of fused-ring (bicyclic) bond motifs is 3. The topological polar surface area (TPSA) is 54.3 Å². The van der Waals surface area contributed by atoms with Crippen LogP contribution in [0.1, 0.15) is 63.4 Å². The van der Waals surface area contributed by atoms with Gasteiger partial charge in [0.2, 0.25) is 0 Å². The fourth-order valence-corrected chi connectivity index (χ4v) is 5.88. The second-order valence-electron chi connectivity index (χ2n) is 8.98. The third-order valence-electron chi connectivity index (χ3n) is 7.20. The quantitative estimate of drug-likeness (QED) is 0.800. The highest BCUT2D eigenvalue weighted by molar-refractivity contribution is 5.79. The van der Waals surface area contributed by atoms with Gasteiger partial charge in [-0.15, -0.1) is 0 Å². The van der Waals surface area contributed by atoms with Gasteiger partial charge in [-0.3, -0.25) is 4.90 Å².